The number of carbonyl (C=O) groups excluding carboxylic acids is 1. The van der Waals surface area contributed by atoms with E-state index in [4.69, 9.17) is 10.5 Å². The molecule has 0 bridgehead atoms. The van der Waals surface area contributed by atoms with Crippen LogP contribution in [0, 0.1) is 0 Å². The Morgan fingerprint density at radius 2 is 1.87 bits per heavy atom. The van der Waals surface area contributed by atoms with E-state index in [1.807, 2.05) is 36.4 Å². The number of hydrogen-bond donors (Lipinski definition) is 2. The van der Waals surface area contributed by atoms with E-state index in [9.17, 15) is 9.90 Å². The molecule has 0 aromatic heterocycles. The fourth-order valence-corrected chi connectivity index (χ4v) is 3.31. The number of nitrogen functional groups attached to an aromatic ring is 1. The smallest absolute Gasteiger partial charge is 0.333 e. The van der Waals surface area contributed by atoms with Crippen molar-refractivity contribution in [2.24, 2.45) is 0 Å². The second kappa shape index (κ2) is 9.90. The van der Waals surface area contributed by atoms with Crippen LogP contribution in [0.15, 0.2) is 84.5 Å². The van der Waals surface area contributed by atoms with Crippen LogP contribution >= 0.6 is 0 Å². The number of allylic oxidation sites excluding steroid dienone is 5. The van der Waals surface area contributed by atoms with Crippen molar-refractivity contribution in [3.8, 4) is 11.1 Å². The van der Waals surface area contributed by atoms with Crippen LogP contribution < -0.4 is 5.73 Å². The third kappa shape index (κ3) is 5.37. The van der Waals surface area contributed by atoms with Crippen molar-refractivity contribution in [2.75, 3.05) is 12.3 Å². The fraction of sp³-hybridized carbons (Fsp3) is 0.192. The van der Waals surface area contributed by atoms with Gasteiger partial charge in [-0.3, -0.25) is 0 Å². The number of esters is 1. The van der Waals surface area contributed by atoms with Gasteiger partial charge < -0.3 is 15.6 Å². The highest BCUT2D eigenvalue weighted by Gasteiger charge is 2.13. The molecule has 0 atom stereocenters. The van der Waals surface area contributed by atoms with Crippen LogP contribution in [0.3, 0.4) is 0 Å². The maximum atomic E-state index is 12.0. The molecule has 4 nitrogen and oxygen atoms in total. The predicted octanol–water partition coefficient (Wildman–Crippen LogP) is 5.21. The molecule has 0 spiro atoms. The molecule has 0 fully saturated rings. The molecule has 0 heterocycles. The normalized spacial score (nSPS) is 13.3. The molecule has 30 heavy (non-hydrogen) atoms. The summed E-state index contributed by atoms with van der Waals surface area (Å²) in [5.74, 6) is -0.404. The monoisotopic (exact) mass is 401 g/mol. The lowest BCUT2D eigenvalue weighted by Gasteiger charge is -2.15. The summed E-state index contributed by atoms with van der Waals surface area (Å²) in [6.07, 6.45) is 9.63. The van der Waals surface area contributed by atoms with Crippen LogP contribution in [0.2, 0.25) is 0 Å². The first-order valence-corrected chi connectivity index (χ1v) is 9.97. The Hall–Kier alpha value is -3.37. The average Bonchev–Trinajstić information content (AvgIpc) is 2.98. The van der Waals surface area contributed by atoms with Crippen molar-refractivity contribution in [3.05, 3.63) is 95.6 Å². The van der Waals surface area contributed by atoms with Crippen molar-refractivity contribution in [1.29, 1.82) is 0 Å². The van der Waals surface area contributed by atoms with Crippen molar-refractivity contribution in [1.82, 2.24) is 0 Å². The molecule has 0 amide bonds. The topological polar surface area (TPSA) is 72.5 Å². The number of carbonyl (C=O) groups is 1. The van der Waals surface area contributed by atoms with E-state index in [-0.39, 0.29) is 13.2 Å². The van der Waals surface area contributed by atoms with Crippen LogP contribution in [0.1, 0.15) is 30.9 Å². The van der Waals surface area contributed by atoms with Gasteiger partial charge in [-0.05, 0) is 71.4 Å². The zero-order valence-corrected chi connectivity index (χ0v) is 17.2. The van der Waals surface area contributed by atoms with Gasteiger partial charge in [0.1, 0.15) is 6.61 Å². The SMILES string of the molecule is C=C(C)C(=O)OCc1cc(-c2ccc(N)cc2)ccc1C1=CC=C(CCO)C=CC1. The van der Waals surface area contributed by atoms with E-state index in [1.54, 1.807) is 6.92 Å². The van der Waals surface area contributed by atoms with E-state index in [0.29, 0.717) is 17.7 Å². The molecule has 0 radical (unpaired) electrons. The van der Waals surface area contributed by atoms with E-state index in [2.05, 4.69) is 36.9 Å². The van der Waals surface area contributed by atoms with Crippen LogP contribution in [0.4, 0.5) is 5.69 Å². The zero-order chi connectivity index (χ0) is 21.5. The molecule has 3 N–H and O–H groups in total. The highest BCUT2D eigenvalue weighted by molar-refractivity contribution is 5.87. The number of ether oxygens (including phenoxy) is 1. The number of rotatable bonds is 7. The first-order valence-electron chi connectivity index (χ1n) is 9.97. The molecule has 4 heteroatoms. The van der Waals surface area contributed by atoms with Crippen molar-refractivity contribution in [3.63, 3.8) is 0 Å². The Morgan fingerprint density at radius 1 is 1.13 bits per heavy atom. The minimum atomic E-state index is -0.404. The zero-order valence-electron chi connectivity index (χ0n) is 17.2. The first kappa shape index (κ1) is 21.3. The quantitative estimate of drug-likeness (QED) is 0.380. The molecule has 2 aromatic rings. The minimum absolute atomic E-state index is 0.123. The highest BCUT2D eigenvalue weighted by atomic mass is 16.5. The van der Waals surface area contributed by atoms with E-state index in [1.165, 1.54) is 0 Å². The number of anilines is 1. The average molecular weight is 402 g/mol. The van der Waals surface area contributed by atoms with Crippen LogP contribution in [-0.4, -0.2) is 17.7 Å². The number of benzene rings is 2. The van der Waals surface area contributed by atoms with E-state index >= 15 is 0 Å². The van der Waals surface area contributed by atoms with Gasteiger partial charge in [-0.15, -0.1) is 0 Å². The van der Waals surface area contributed by atoms with Gasteiger partial charge in [-0.1, -0.05) is 55.1 Å². The Kier molecular flexibility index (Phi) is 7.04. The molecule has 1 aliphatic rings. The third-order valence-electron chi connectivity index (χ3n) is 4.97. The molecule has 154 valence electrons. The number of aliphatic hydroxyl groups is 1. The lowest BCUT2D eigenvalue weighted by Crippen LogP contribution is -2.06. The molecular weight excluding hydrogens is 374 g/mol. The molecule has 1 aliphatic carbocycles. The van der Waals surface area contributed by atoms with Crippen molar-refractivity contribution in [2.45, 2.75) is 26.4 Å². The van der Waals surface area contributed by atoms with Crippen LogP contribution in [0.25, 0.3) is 16.7 Å². The third-order valence-corrected chi connectivity index (χ3v) is 4.97. The molecule has 0 saturated heterocycles. The Labute approximate surface area is 177 Å². The minimum Gasteiger partial charge on any atom is -0.457 e. The molecule has 3 rings (SSSR count). The van der Waals surface area contributed by atoms with Gasteiger partial charge in [0, 0.05) is 17.9 Å². The number of hydrogen-bond acceptors (Lipinski definition) is 4. The second-order valence-electron chi connectivity index (χ2n) is 7.36. The second-order valence-corrected chi connectivity index (χ2v) is 7.36. The fourth-order valence-electron chi connectivity index (χ4n) is 3.31. The summed E-state index contributed by atoms with van der Waals surface area (Å²) in [6.45, 7) is 5.58. The largest absolute Gasteiger partial charge is 0.457 e. The van der Waals surface area contributed by atoms with Gasteiger partial charge in [-0.2, -0.15) is 0 Å². The van der Waals surface area contributed by atoms with Crippen LogP contribution in [0.5, 0.6) is 0 Å². The van der Waals surface area contributed by atoms with Gasteiger partial charge in [0.25, 0.3) is 0 Å². The molecule has 2 aromatic carbocycles. The standard InChI is InChI=1S/C26H27NO3/c1-18(2)26(29)30-17-23-16-22(20-8-11-24(27)12-9-20)10-13-25(23)21-5-3-4-19(6-7-21)14-15-28/h3-4,6-13,16,28H,1,5,14-15,17,27H2,2H3. The van der Waals surface area contributed by atoms with Crippen molar-refractivity contribution >= 4 is 17.2 Å². The maximum Gasteiger partial charge on any atom is 0.333 e. The number of aliphatic hydroxyl groups excluding tert-OH is 1. The summed E-state index contributed by atoms with van der Waals surface area (Å²) in [5, 5.41) is 9.20. The van der Waals surface area contributed by atoms with Crippen LogP contribution in [-0.2, 0) is 16.1 Å². The van der Waals surface area contributed by atoms with Crippen molar-refractivity contribution < 1.29 is 14.6 Å². The highest BCUT2D eigenvalue weighted by Crippen LogP contribution is 2.31. The van der Waals surface area contributed by atoms with Gasteiger partial charge in [0.2, 0.25) is 0 Å². The maximum absolute atomic E-state index is 12.0. The van der Waals surface area contributed by atoms with E-state index < -0.39 is 5.97 Å². The predicted molar refractivity (Wildman–Crippen MR) is 122 cm³/mol. The Bertz CT molecular complexity index is 1030. The first-order chi connectivity index (χ1) is 14.5. The summed E-state index contributed by atoms with van der Waals surface area (Å²) in [7, 11) is 0. The Balaban J connectivity index is 1.98. The Morgan fingerprint density at radius 3 is 2.57 bits per heavy atom. The summed E-state index contributed by atoms with van der Waals surface area (Å²) in [5.41, 5.74) is 13.2. The lowest BCUT2D eigenvalue weighted by molar-refractivity contribution is -0.140. The molecule has 0 aliphatic heterocycles. The summed E-state index contributed by atoms with van der Waals surface area (Å²) in [4.78, 5) is 12.0. The lowest BCUT2D eigenvalue weighted by atomic mass is 9.93. The molecule has 0 unspecified atom stereocenters. The molecular formula is C26H27NO3. The van der Waals surface area contributed by atoms with E-state index in [0.717, 1.165) is 39.8 Å². The number of nitrogens with two attached hydrogens (primary N) is 1. The summed E-state index contributed by atoms with van der Waals surface area (Å²) < 4.78 is 5.47. The van der Waals surface area contributed by atoms with Gasteiger partial charge in [0.05, 0.1) is 0 Å². The summed E-state index contributed by atoms with van der Waals surface area (Å²) in [6, 6.07) is 13.9. The summed E-state index contributed by atoms with van der Waals surface area (Å²) >= 11 is 0. The molecule has 0 saturated carbocycles. The van der Waals surface area contributed by atoms with Gasteiger partial charge >= 0.3 is 5.97 Å². The van der Waals surface area contributed by atoms with Gasteiger partial charge in [0.15, 0.2) is 0 Å². The van der Waals surface area contributed by atoms with Gasteiger partial charge in [-0.25, -0.2) is 4.79 Å².